The minimum atomic E-state index is 0.548. The van der Waals surface area contributed by atoms with Crippen LogP contribution in [-0.2, 0) is 12.8 Å². The second-order valence-corrected chi connectivity index (χ2v) is 4.33. The van der Waals surface area contributed by atoms with E-state index in [0.29, 0.717) is 10.5 Å². The van der Waals surface area contributed by atoms with E-state index in [9.17, 15) is 5.21 Å². The molecule has 0 aliphatic heterocycles. The van der Waals surface area contributed by atoms with Crippen LogP contribution in [0.15, 0.2) is 53.6 Å². The Kier molecular flexibility index (Phi) is 4.29. The van der Waals surface area contributed by atoms with Crippen molar-refractivity contribution in [1.82, 2.24) is 0 Å². The van der Waals surface area contributed by atoms with Crippen LogP contribution in [-0.4, -0.2) is 4.86 Å². The number of para-hydroxylation sites is 1. The molecule has 3 nitrogen and oxygen atoms in total. The van der Waals surface area contributed by atoms with Gasteiger partial charge in [0.25, 0.3) is 0 Å². The fourth-order valence-corrected chi connectivity index (χ4v) is 2.17. The number of hydrogen-bond donors (Lipinski definition) is 0. The van der Waals surface area contributed by atoms with E-state index in [1.807, 2.05) is 30.3 Å². The van der Waals surface area contributed by atoms with E-state index in [2.05, 4.69) is 25.0 Å². The predicted molar refractivity (Wildman–Crippen MR) is 77.0 cm³/mol. The van der Waals surface area contributed by atoms with Crippen molar-refractivity contribution in [3.8, 4) is 0 Å². The van der Waals surface area contributed by atoms with Gasteiger partial charge in [-0.25, -0.2) is 0 Å². The van der Waals surface area contributed by atoms with Crippen molar-refractivity contribution in [2.45, 2.75) is 26.7 Å². The highest BCUT2D eigenvalue weighted by Gasteiger charge is 2.09. The molecule has 0 amide bonds. The fourth-order valence-electron chi connectivity index (χ4n) is 2.17. The Morgan fingerprint density at radius 3 is 2.32 bits per heavy atom. The lowest BCUT2D eigenvalue weighted by Crippen LogP contribution is -1.94. The van der Waals surface area contributed by atoms with Crippen LogP contribution >= 0.6 is 0 Å². The molecular formula is C16H18N2O. The molecule has 0 atom stereocenters. The SMILES string of the molecule is CCc1cccc(N=[N+]([O-])c2ccccc2)c1CC. The van der Waals surface area contributed by atoms with E-state index < -0.39 is 0 Å². The van der Waals surface area contributed by atoms with Crippen LogP contribution < -0.4 is 0 Å². The smallest absolute Gasteiger partial charge is 0.244 e. The topological polar surface area (TPSA) is 38.4 Å². The van der Waals surface area contributed by atoms with Gasteiger partial charge in [0, 0.05) is 17.2 Å². The second kappa shape index (κ2) is 6.14. The number of benzene rings is 2. The van der Waals surface area contributed by atoms with Crippen molar-refractivity contribution in [2.75, 3.05) is 0 Å². The Balaban J connectivity index is 2.43. The zero-order valence-corrected chi connectivity index (χ0v) is 11.3. The molecule has 0 fully saturated rings. The molecule has 2 aromatic carbocycles. The van der Waals surface area contributed by atoms with E-state index in [-0.39, 0.29) is 0 Å². The van der Waals surface area contributed by atoms with Gasteiger partial charge in [0.15, 0.2) is 0 Å². The Hall–Kier alpha value is -2.16. The summed E-state index contributed by atoms with van der Waals surface area (Å²) in [5.41, 5.74) is 3.72. The Morgan fingerprint density at radius 2 is 1.68 bits per heavy atom. The molecule has 0 heterocycles. The number of nitrogens with zero attached hydrogens (tertiary/aromatic N) is 2. The first-order valence-electron chi connectivity index (χ1n) is 6.61. The minimum absolute atomic E-state index is 0.548. The van der Waals surface area contributed by atoms with Gasteiger partial charge in [0.05, 0.1) is 0 Å². The molecule has 3 heteroatoms. The van der Waals surface area contributed by atoms with Crippen LogP contribution in [0.2, 0.25) is 0 Å². The van der Waals surface area contributed by atoms with Crippen molar-refractivity contribution in [3.63, 3.8) is 0 Å². The molecule has 0 aromatic heterocycles. The highest BCUT2D eigenvalue weighted by atomic mass is 16.5. The van der Waals surface area contributed by atoms with Crippen LogP contribution in [0.3, 0.4) is 0 Å². The van der Waals surface area contributed by atoms with E-state index in [1.165, 1.54) is 5.56 Å². The van der Waals surface area contributed by atoms with Gasteiger partial charge in [-0.05, 0) is 30.0 Å². The van der Waals surface area contributed by atoms with Gasteiger partial charge in [-0.15, -0.1) is 0 Å². The van der Waals surface area contributed by atoms with Gasteiger partial charge in [-0.2, -0.15) is 0 Å². The molecule has 0 unspecified atom stereocenters. The summed E-state index contributed by atoms with van der Waals surface area (Å²) in [4.78, 5) is 0.688. The first-order chi connectivity index (χ1) is 9.26. The summed E-state index contributed by atoms with van der Waals surface area (Å²) in [7, 11) is 0. The van der Waals surface area contributed by atoms with E-state index in [4.69, 9.17) is 0 Å². The van der Waals surface area contributed by atoms with Crippen molar-refractivity contribution >= 4 is 11.4 Å². The van der Waals surface area contributed by atoms with Crippen molar-refractivity contribution in [1.29, 1.82) is 0 Å². The van der Waals surface area contributed by atoms with E-state index >= 15 is 0 Å². The molecule has 0 radical (unpaired) electrons. The molecule has 0 aliphatic rings. The summed E-state index contributed by atoms with van der Waals surface area (Å²) >= 11 is 0. The maximum absolute atomic E-state index is 12.0. The van der Waals surface area contributed by atoms with Gasteiger partial charge in [0.1, 0.15) is 5.69 Å². The Bertz CT molecular complexity index is 577. The zero-order valence-electron chi connectivity index (χ0n) is 11.3. The third kappa shape index (κ3) is 2.99. The first kappa shape index (κ1) is 13.3. The van der Waals surface area contributed by atoms with Gasteiger partial charge >= 0.3 is 0 Å². The molecule has 2 rings (SSSR count). The van der Waals surface area contributed by atoms with Crippen LogP contribution in [0, 0.1) is 5.21 Å². The van der Waals surface area contributed by atoms with E-state index in [1.54, 1.807) is 12.1 Å². The van der Waals surface area contributed by atoms with Gasteiger partial charge in [-0.1, -0.05) is 49.0 Å². The summed E-state index contributed by atoms with van der Waals surface area (Å²) in [6.07, 6.45) is 1.84. The summed E-state index contributed by atoms with van der Waals surface area (Å²) in [6, 6.07) is 15.0. The number of aryl methyl sites for hydroxylation is 1. The van der Waals surface area contributed by atoms with E-state index in [0.717, 1.165) is 24.1 Å². The average Bonchev–Trinajstić information content (AvgIpc) is 2.47. The van der Waals surface area contributed by atoms with Crippen molar-refractivity contribution in [3.05, 3.63) is 64.9 Å². The average molecular weight is 254 g/mol. The van der Waals surface area contributed by atoms with Crippen LogP contribution in [0.5, 0.6) is 0 Å². The minimum Gasteiger partial charge on any atom is -0.594 e. The lowest BCUT2D eigenvalue weighted by atomic mass is 10.0. The molecule has 0 saturated carbocycles. The third-order valence-corrected chi connectivity index (χ3v) is 3.16. The second-order valence-electron chi connectivity index (χ2n) is 4.33. The number of hydrogen-bond acceptors (Lipinski definition) is 2. The molecule has 0 aliphatic carbocycles. The van der Waals surface area contributed by atoms with Crippen LogP contribution in [0.4, 0.5) is 11.4 Å². The molecule has 98 valence electrons. The summed E-state index contributed by atoms with van der Waals surface area (Å²) in [5.74, 6) is 0. The molecule has 0 saturated heterocycles. The van der Waals surface area contributed by atoms with Gasteiger partial charge in [0.2, 0.25) is 5.69 Å². The first-order valence-corrected chi connectivity index (χ1v) is 6.61. The number of rotatable bonds is 4. The largest absolute Gasteiger partial charge is 0.594 e. The lowest BCUT2D eigenvalue weighted by molar-refractivity contribution is -0.435. The maximum Gasteiger partial charge on any atom is 0.244 e. The molecular weight excluding hydrogens is 236 g/mol. The van der Waals surface area contributed by atoms with Crippen molar-refractivity contribution in [2.24, 2.45) is 5.11 Å². The zero-order chi connectivity index (χ0) is 13.7. The highest BCUT2D eigenvalue weighted by molar-refractivity contribution is 5.49. The molecule has 0 bridgehead atoms. The maximum atomic E-state index is 12.0. The Labute approximate surface area is 113 Å². The predicted octanol–water partition coefficient (Wildman–Crippen LogP) is 4.74. The summed E-state index contributed by atoms with van der Waals surface area (Å²) in [6.45, 7) is 4.20. The molecule has 2 aromatic rings. The van der Waals surface area contributed by atoms with Gasteiger partial charge in [-0.3, -0.25) is 0 Å². The quantitative estimate of drug-likeness (QED) is 0.441. The highest BCUT2D eigenvalue weighted by Crippen LogP contribution is 2.25. The monoisotopic (exact) mass is 254 g/mol. The summed E-state index contributed by atoms with van der Waals surface area (Å²) < 4.78 is 0. The van der Waals surface area contributed by atoms with Crippen LogP contribution in [0.1, 0.15) is 25.0 Å². The molecule has 0 spiro atoms. The van der Waals surface area contributed by atoms with Gasteiger partial charge < -0.3 is 5.21 Å². The standard InChI is InChI=1S/C16H18N2O/c1-3-13-9-8-12-16(15(13)4-2)17-18(19)14-10-6-5-7-11-14/h5-12H,3-4H2,1-2H3. The normalized spacial score (nSPS) is 11.6. The fraction of sp³-hybridized carbons (Fsp3) is 0.250. The third-order valence-electron chi connectivity index (χ3n) is 3.16. The molecule has 0 N–H and O–H groups in total. The van der Waals surface area contributed by atoms with Crippen molar-refractivity contribution < 1.29 is 4.86 Å². The number of azo groups is 1. The molecule has 19 heavy (non-hydrogen) atoms. The van der Waals surface area contributed by atoms with Crippen LogP contribution in [0.25, 0.3) is 0 Å². The lowest BCUT2D eigenvalue weighted by Gasteiger charge is -2.07. The summed E-state index contributed by atoms with van der Waals surface area (Å²) in [5, 5.41) is 16.2. The Morgan fingerprint density at radius 1 is 0.947 bits per heavy atom.